The number of fused-ring (bicyclic) bond motifs is 1. The molecule has 1 fully saturated rings. The van der Waals surface area contributed by atoms with Crippen molar-refractivity contribution < 1.29 is 5.11 Å². The third kappa shape index (κ3) is 2.67. The van der Waals surface area contributed by atoms with Crippen LogP contribution in [-0.2, 0) is 5.41 Å². The Kier molecular flexibility index (Phi) is 3.25. The highest BCUT2D eigenvalue weighted by molar-refractivity contribution is 7.20. The minimum absolute atomic E-state index is 0.0558. The molecule has 1 aliphatic carbocycles. The van der Waals surface area contributed by atoms with Crippen LogP contribution in [0, 0.1) is 5.41 Å². The quantitative estimate of drug-likeness (QED) is 0.890. The van der Waals surface area contributed by atoms with Gasteiger partial charge in [-0.05, 0) is 24.7 Å². The molecule has 2 aromatic rings. The SMILES string of the molecule is CC(C)(C)c1cn2nc(NCC3(CCO)CC3)sc2n1. The number of aliphatic hydroxyl groups is 1. The Labute approximate surface area is 123 Å². The Morgan fingerprint density at radius 1 is 1.45 bits per heavy atom. The molecule has 5 nitrogen and oxygen atoms in total. The lowest BCUT2D eigenvalue weighted by molar-refractivity contribution is 0.253. The molecule has 1 saturated carbocycles. The molecule has 0 radical (unpaired) electrons. The third-order valence-corrected chi connectivity index (χ3v) is 4.91. The Hall–Kier alpha value is -1.14. The van der Waals surface area contributed by atoms with Crippen molar-refractivity contribution in [3.8, 4) is 0 Å². The fourth-order valence-electron chi connectivity index (χ4n) is 2.33. The average molecular weight is 294 g/mol. The van der Waals surface area contributed by atoms with E-state index in [1.165, 1.54) is 12.8 Å². The molecule has 6 heteroatoms. The van der Waals surface area contributed by atoms with E-state index in [1.54, 1.807) is 11.3 Å². The van der Waals surface area contributed by atoms with E-state index >= 15 is 0 Å². The highest BCUT2D eigenvalue weighted by Gasteiger charge is 2.41. The Morgan fingerprint density at radius 3 is 2.75 bits per heavy atom. The minimum Gasteiger partial charge on any atom is -0.396 e. The van der Waals surface area contributed by atoms with Gasteiger partial charge in [-0.3, -0.25) is 0 Å². The maximum absolute atomic E-state index is 9.07. The maximum atomic E-state index is 9.07. The molecule has 20 heavy (non-hydrogen) atoms. The van der Waals surface area contributed by atoms with Gasteiger partial charge in [0.25, 0.3) is 0 Å². The molecule has 0 amide bonds. The summed E-state index contributed by atoms with van der Waals surface area (Å²) in [5.41, 5.74) is 1.43. The number of imidazole rings is 1. The summed E-state index contributed by atoms with van der Waals surface area (Å²) < 4.78 is 1.86. The van der Waals surface area contributed by atoms with Crippen molar-refractivity contribution in [1.82, 2.24) is 14.6 Å². The van der Waals surface area contributed by atoms with E-state index in [0.717, 1.165) is 28.8 Å². The number of hydrogen-bond acceptors (Lipinski definition) is 5. The highest BCUT2D eigenvalue weighted by Crippen LogP contribution is 2.48. The van der Waals surface area contributed by atoms with Crippen LogP contribution in [0.15, 0.2) is 6.20 Å². The molecule has 0 atom stereocenters. The van der Waals surface area contributed by atoms with E-state index in [4.69, 9.17) is 5.11 Å². The Bertz CT molecular complexity index is 575. The van der Waals surface area contributed by atoms with Crippen LogP contribution in [0.2, 0.25) is 0 Å². The van der Waals surface area contributed by atoms with Gasteiger partial charge in [0.1, 0.15) is 0 Å². The highest BCUT2D eigenvalue weighted by atomic mass is 32.1. The predicted octanol–water partition coefficient (Wildman–Crippen LogP) is 2.66. The van der Waals surface area contributed by atoms with Gasteiger partial charge >= 0.3 is 0 Å². The second-order valence-electron chi connectivity index (χ2n) is 6.84. The molecule has 2 aromatic heterocycles. The number of aromatic nitrogens is 3. The molecule has 0 aliphatic heterocycles. The second-order valence-corrected chi connectivity index (χ2v) is 7.79. The number of nitrogens with zero attached hydrogens (tertiary/aromatic N) is 3. The maximum Gasteiger partial charge on any atom is 0.214 e. The zero-order valence-electron chi connectivity index (χ0n) is 12.3. The number of aliphatic hydroxyl groups excluding tert-OH is 1. The molecule has 110 valence electrons. The van der Waals surface area contributed by atoms with Crippen molar-refractivity contribution in [2.24, 2.45) is 5.41 Å². The minimum atomic E-state index is 0.0558. The van der Waals surface area contributed by atoms with Crippen molar-refractivity contribution in [2.45, 2.75) is 45.4 Å². The predicted molar refractivity (Wildman–Crippen MR) is 81.4 cm³/mol. The fourth-order valence-corrected chi connectivity index (χ4v) is 3.10. The molecule has 0 spiro atoms. The molecule has 0 unspecified atom stereocenters. The lowest BCUT2D eigenvalue weighted by Gasteiger charge is -2.14. The fraction of sp³-hybridized carbons (Fsp3) is 0.714. The van der Waals surface area contributed by atoms with Crippen LogP contribution in [0.4, 0.5) is 5.13 Å². The number of rotatable bonds is 5. The lowest BCUT2D eigenvalue weighted by atomic mass is 9.93. The summed E-state index contributed by atoms with van der Waals surface area (Å²) in [6.45, 7) is 7.65. The van der Waals surface area contributed by atoms with E-state index in [-0.39, 0.29) is 12.0 Å². The molecule has 2 N–H and O–H groups in total. The van der Waals surface area contributed by atoms with E-state index < -0.39 is 0 Å². The van der Waals surface area contributed by atoms with Crippen LogP contribution >= 0.6 is 11.3 Å². The van der Waals surface area contributed by atoms with Crippen LogP contribution in [0.3, 0.4) is 0 Å². The Balaban J connectivity index is 1.69. The monoisotopic (exact) mass is 294 g/mol. The largest absolute Gasteiger partial charge is 0.396 e. The third-order valence-electron chi connectivity index (χ3n) is 4.03. The van der Waals surface area contributed by atoms with Crippen LogP contribution < -0.4 is 5.32 Å². The van der Waals surface area contributed by atoms with Gasteiger partial charge < -0.3 is 10.4 Å². The number of hydrogen-bond donors (Lipinski definition) is 2. The molecule has 0 bridgehead atoms. The number of anilines is 1. The molecular formula is C14H22N4OS. The second kappa shape index (κ2) is 4.70. The van der Waals surface area contributed by atoms with E-state index in [0.29, 0.717) is 5.41 Å². The van der Waals surface area contributed by atoms with Crippen LogP contribution in [0.5, 0.6) is 0 Å². The molecular weight excluding hydrogens is 272 g/mol. The van der Waals surface area contributed by atoms with Gasteiger partial charge in [0.2, 0.25) is 10.1 Å². The summed E-state index contributed by atoms with van der Waals surface area (Å²) in [6, 6.07) is 0. The van der Waals surface area contributed by atoms with Crippen molar-refractivity contribution >= 4 is 21.4 Å². The summed E-state index contributed by atoms with van der Waals surface area (Å²) in [4.78, 5) is 5.57. The van der Waals surface area contributed by atoms with E-state index in [9.17, 15) is 0 Å². The van der Waals surface area contributed by atoms with Crippen molar-refractivity contribution in [3.63, 3.8) is 0 Å². The number of nitrogens with one attached hydrogen (secondary N) is 1. The summed E-state index contributed by atoms with van der Waals surface area (Å²) >= 11 is 1.59. The normalized spacial score (nSPS) is 17.6. The molecule has 2 heterocycles. The van der Waals surface area contributed by atoms with E-state index in [1.807, 2.05) is 10.7 Å². The average Bonchev–Trinajstić information content (AvgIpc) is 2.81. The topological polar surface area (TPSA) is 62.5 Å². The summed E-state index contributed by atoms with van der Waals surface area (Å²) in [6.07, 6.45) is 5.31. The van der Waals surface area contributed by atoms with Crippen molar-refractivity contribution in [2.75, 3.05) is 18.5 Å². The summed E-state index contributed by atoms with van der Waals surface area (Å²) in [7, 11) is 0. The smallest absolute Gasteiger partial charge is 0.214 e. The van der Waals surface area contributed by atoms with Crippen LogP contribution in [0.25, 0.3) is 4.96 Å². The van der Waals surface area contributed by atoms with Gasteiger partial charge in [-0.1, -0.05) is 32.1 Å². The van der Waals surface area contributed by atoms with Gasteiger partial charge in [-0.15, -0.1) is 5.10 Å². The van der Waals surface area contributed by atoms with Gasteiger partial charge in [-0.25, -0.2) is 9.50 Å². The van der Waals surface area contributed by atoms with E-state index in [2.05, 4.69) is 36.2 Å². The first-order valence-electron chi connectivity index (χ1n) is 7.13. The molecule has 0 aromatic carbocycles. The first-order chi connectivity index (χ1) is 9.42. The molecule has 3 rings (SSSR count). The van der Waals surface area contributed by atoms with Crippen LogP contribution in [0.1, 0.15) is 45.7 Å². The Morgan fingerprint density at radius 2 is 2.20 bits per heavy atom. The van der Waals surface area contributed by atoms with Crippen molar-refractivity contribution in [1.29, 1.82) is 0 Å². The first-order valence-corrected chi connectivity index (χ1v) is 7.95. The zero-order chi connectivity index (χ0) is 14.4. The van der Waals surface area contributed by atoms with Crippen LogP contribution in [-0.4, -0.2) is 32.9 Å². The van der Waals surface area contributed by atoms with Gasteiger partial charge in [0, 0.05) is 18.6 Å². The standard InChI is InChI=1S/C14H22N4OS/c1-13(2,3)10-8-18-12(16-10)20-11(17-18)15-9-14(4-5-14)6-7-19/h8,19H,4-7,9H2,1-3H3,(H,15,17). The van der Waals surface area contributed by atoms with Gasteiger partial charge in [0.05, 0.1) is 11.9 Å². The zero-order valence-corrected chi connectivity index (χ0v) is 13.1. The lowest BCUT2D eigenvalue weighted by Crippen LogP contribution is -2.16. The van der Waals surface area contributed by atoms with Gasteiger partial charge in [0.15, 0.2) is 0 Å². The molecule has 1 aliphatic rings. The summed E-state index contributed by atoms with van der Waals surface area (Å²) in [5, 5.41) is 17.9. The van der Waals surface area contributed by atoms with Gasteiger partial charge in [-0.2, -0.15) is 0 Å². The first kappa shape index (κ1) is 13.8. The van der Waals surface area contributed by atoms with Crippen molar-refractivity contribution in [3.05, 3.63) is 11.9 Å². The molecule has 0 saturated heterocycles. The summed E-state index contributed by atoms with van der Waals surface area (Å²) in [5.74, 6) is 0.